The van der Waals surface area contributed by atoms with Crippen molar-refractivity contribution in [2.45, 2.75) is 38.6 Å². The van der Waals surface area contributed by atoms with Gasteiger partial charge in [0, 0.05) is 43.6 Å². The van der Waals surface area contributed by atoms with Crippen LogP contribution >= 0.6 is 0 Å². The molecule has 0 bridgehead atoms. The van der Waals surface area contributed by atoms with E-state index in [1.54, 1.807) is 29.2 Å². The third kappa shape index (κ3) is 6.85. The van der Waals surface area contributed by atoms with Gasteiger partial charge in [-0.3, -0.25) is 19.9 Å². The monoisotopic (exact) mass is 501 g/mol. The first-order valence-electron chi connectivity index (χ1n) is 12.3. The number of nitrogens with zero attached hydrogens (tertiary/aromatic N) is 5. The molecule has 0 saturated carbocycles. The van der Waals surface area contributed by atoms with Gasteiger partial charge >= 0.3 is 0 Å². The predicted octanol–water partition coefficient (Wildman–Crippen LogP) is 3.06. The lowest BCUT2D eigenvalue weighted by molar-refractivity contribution is -0.140. The Bertz CT molecular complexity index is 1310. The number of guanidine groups is 1. The standard InChI is InChI=1S/C27H31N7O3/c1-19-14-21-15-22(8-9-24(21)37-19)31-27(30-18-28)32-23-7-3-4-12-34(26(23)36)17-25(35)33(2)13-10-20-6-5-11-29-16-20/h5-6,8-9,11,14-16,23H,3-4,7,10,12-13,17H2,1-2H3,(H2,30,31,32)/t23-/m0/s1. The van der Waals surface area contributed by atoms with Crippen LogP contribution in [0.5, 0.6) is 0 Å². The number of aliphatic imine (C=N–C) groups is 1. The minimum atomic E-state index is -0.695. The van der Waals surface area contributed by atoms with E-state index >= 15 is 0 Å². The van der Waals surface area contributed by atoms with Gasteiger partial charge in [-0.25, -0.2) is 4.99 Å². The first kappa shape index (κ1) is 25.7. The summed E-state index contributed by atoms with van der Waals surface area (Å²) in [6, 6.07) is 10.6. The highest BCUT2D eigenvalue weighted by Gasteiger charge is 2.29. The van der Waals surface area contributed by atoms with Crippen molar-refractivity contribution in [3.05, 3.63) is 60.1 Å². The highest BCUT2D eigenvalue weighted by Crippen LogP contribution is 2.23. The number of likely N-dealkylation sites (N-methyl/N-ethyl adjacent to an activating group) is 1. The highest BCUT2D eigenvalue weighted by molar-refractivity contribution is 5.98. The summed E-state index contributed by atoms with van der Waals surface area (Å²) in [5.74, 6) is 0.644. The predicted molar refractivity (Wildman–Crippen MR) is 141 cm³/mol. The molecule has 2 aromatic heterocycles. The van der Waals surface area contributed by atoms with Crippen molar-refractivity contribution in [1.82, 2.24) is 20.1 Å². The number of carbonyl (C=O) groups excluding carboxylic acids is 2. The molecule has 1 atom stereocenters. The zero-order chi connectivity index (χ0) is 26.2. The zero-order valence-corrected chi connectivity index (χ0v) is 21.1. The van der Waals surface area contributed by atoms with Gasteiger partial charge in [-0.05, 0) is 68.5 Å². The number of anilines is 1. The van der Waals surface area contributed by atoms with E-state index in [0.29, 0.717) is 31.6 Å². The quantitative estimate of drug-likeness (QED) is 0.220. The zero-order valence-electron chi connectivity index (χ0n) is 21.1. The molecule has 0 radical (unpaired) electrons. The van der Waals surface area contributed by atoms with Crippen LogP contribution in [0.15, 0.2) is 58.2 Å². The molecule has 1 fully saturated rings. The van der Waals surface area contributed by atoms with Gasteiger partial charge < -0.3 is 19.5 Å². The molecule has 0 aliphatic carbocycles. The largest absolute Gasteiger partial charge is 0.461 e. The molecule has 3 aromatic rings. The number of pyridine rings is 1. The average molecular weight is 502 g/mol. The Labute approximate surface area is 216 Å². The number of rotatable bonds is 7. The summed E-state index contributed by atoms with van der Waals surface area (Å²) in [5.41, 5.74) is 2.52. The van der Waals surface area contributed by atoms with E-state index in [2.05, 4.69) is 20.6 Å². The fraction of sp³-hybridized carbons (Fsp3) is 0.370. The van der Waals surface area contributed by atoms with E-state index in [4.69, 9.17) is 4.42 Å². The Morgan fingerprint density at radius 3 is 2.97 bits per heavy atom. The number of furan rings is 1. The molecule has 10 heteroatoms. The molecule has 1 aliphatic rings. The van der Waals surface area contributed by atoms with E-state index in [1.807, 2.05) is 49.5 Å². The second kappa shape index (κ2) is 12.0. The van der Waals surface area contributed by atoms with Crippen molar-refractivity contribution >= 4 is 34.4 Å². The maximum atomic E-state index is 13.3. The minimum Gasteiger partial charge on any atom is -0.461 e. The number of aromatic nitrogens is 1. The number of hydrogen-bond donors (Lipinski definition) is 2. The Kier molecular flexibility index (Phi) is 8.36. The molecule has 4 rings (SSSR count). The average Bonchev–Trinajstić information content (AvgIpc) is 3.18. The number of fused-ring (bicyclic) bond motifs is 1. The van der Waals surface area contributed by atoms with Crippen LogP contribution < -0.4 is 10.6 Å². The molecule has 2 N–H and O–H groups in total. The van der Waals surface area contributed by atoms with Crippen LogP contribution in [-0.2, 0) is 16.0 Å². The van der Waals surface area contributed by atoms with Gasteiger partial charge in [0.15, 0.2) is 6.19 Å². The highest BCUT2D eigenvalue weighted by atomic mass is 16.3. The van der Waals surface area contributed by atoms with Crippen LogP contribution in [-0.4, -0.2) is 65.3 Å². The molecular weight excluding hydrogens is 470 g/mol. The van der Waals surface area contributed by atoms with Gasteiger partial charge in [-0.1, -0.05) is 6.07 Å². The maximum Gasteiger partial charge on any atom is 0.247 e. The molecule has 10 nitrogen and oxygen atoms in total. The summed E-state index contributed by atoms with van der Waals surface area (Å²) in [7, 11) is 1.74. The molecule has 0 unspecified atom stereocenters. The Balaban J connectivity index is 1.42. The van der Waals surface area contributed by atoms with Crippen LogP contribution in [0, 0.1) is 18.4 Å². The third-order valence-corrected chi connectivity index (χ3v) is 6.32. The van der Waals surface area contributed by atoms with Crippen molar-refractivity contribution in [1.29, 1.82) is 5.26 Å². The normalized spacial score (nSPS) is 16.2. The van der Waals surface area contributed by atoms with Gasteiger partial charge in [0.05, 0.1) is 6.54 Å². The fourth-order valence-electron chi connectivity index (χ4n) is 4.31. The molecule has 2 amide bonds. The Morgan fingerprint density at radius 1 is 1.32 bits per heavy atom. The van der Waals surface area contributed by atoms with E-state index in [0.717, 1.165) is 35.1 Å². The summed E-state index contributed by atoms with van der Waals surface area (Å²) >= 11 is 0. The lowest BCUT2D eigenvalue weighted by Crippen LogP contribution is -2.45. The molecule has 0 spiro atoms. The molecule has 37 heavy (non-hydrogen) atoms. The van der Waals surface area contributed by atoms with E-state index in [9.17, 15) is 14.9 Å². The number of aryl methyl sites for hydroxylation is 1. The summed E-state index contributed by atoms with van der Waals surface area (Å²) in [6.07, 6.45) is 8.20. The van der Waals surface area contributed by atoms with Gasteiger partial charge in [0.2, 0.25) is 17.8 Å². The first-order valence-corrected chi connectivity index (χ1v) is 12.3. The Morgan fingerprint density at radius 2 is 2.19 bits per heavy atom. The van der Waals surface area contributed by atoms with Gasteiger partial charge in [0.1, 0.15) is 17.4 Å². The second-order valence-corrected chi connectivity index (χ2v) is 9.15. The number of nitriles is 1. The lowest BCUT2D eigenvalue weighted by Gasteiger charge is -2.25. The van der Waals surface area contributed by atoms with Crippen LogP contribution in [0.1, 0.15) is 30.6 Å². The van der Waals surface area contributed by atoms with E-state index in [1.165, 1.54) is 0 Å². The maximum absolute atomic E-state index is 13.3. The van der Waals surface area contributed by atoms with Crippen molar-refractivity contribution in [2.24, 2.45) is 4.99 Å². The molecular formula is C27H31N7O3. The summed E-state index contributed by atoms with van der Waals surface area (Å²) < 4.78 is 5.61. The van der Waals surface area contributed by atoms with Gasteiger partial charge in [-0.2, -0.15) is 5.26 Å². The number of likely N-dealkylation sites (tertiary alicyclic amines) is 1. The lowest BCUT2D eigenvalue weighted by atomic mass is 10.1. The van der Waals surface area contributed by atoms with Crippen molar-refractivity contribution in [3.63, 3.8) is 0 Å². The van der Waals surface area contributed by atoms with Gasteiger partial charge in [-0.15, -0.1) is 0 Å². The third-order valence-electron chi connectivity index (χ3n) is 6.32. The topological polar surface area (TPSA) is 127 Å². The van der Waals surface area contributed by atoms with Crippen molar-refractivity contribution in [2.75, 3.05) is 32.0 Å². The number of benzene rings is 1. The Hall–Kier alpha value is -4.39. The van der Waals surface area contributed by atoms with Crippen LogP contribution in [0.4, 0.5) is 5.69 Å². The SMILES string of the molecule is Cc1cc2cc(NC(=N[C@H]3CCCCN(CC(=O)N(C)CCc4cccnc4)C3=O)NC#N)ccc2o1. The number of nitrogens with one attached hydrogen (secondary N) is 2. The van der Waals surface area contributed by atoms with E-state index < -0.39 is 6.04 Å². The van der Waals surface area contributed by atoms with Crippen molar-refractivity contribution in [3.8, 4) is 6.19 Å². The number of carbonyl (C=O) groups is 2. The number of hydrogen-bond acceptors (Lipinski definition) is 6. The minimum absolute atomic E-state index is 0.000653. The second-order valence-electron chi connectivity index (χ2n) is 9.15. The number of amides is 2. The smallest absolute Gasteiger partial charge is 0.247 e. The van der Waals surface area contributed by atoms with Crippen LogP contribution in [0.25, 0.3) is 11.0 Å². The van der Waals surface area contributed by atoms with Gasteiger partial charge in [0.25, 0.3) is 0 Å². The van der Waals surface area contributed by atoms with E-state index in [-0.39, 0.29) is 24.3 Å². The summed E-state index contributed by atoms with van der Waals surface area (Å²) in [5, 5.41) is 15.8. The van der Waals surface area contributed by atoms with Crippen molar-refractivity contribution < 1.29 is 14.0 Å². The molecule has 1 aromatic carbocycles. The molecule has 192 valence electrons. The first-order chi connectivity index (χ1) is 17.9. The molecule has 1 saturated heterocycles. The summed E-state index contributed by atoms with van der Waals surface area (Å²) in [6.45, 7) is 2.91. The molecule has 1 aliphatic heterocycles. The fourth-order valence-corrected chi connectivity index (χ4v) is 4.31. The van der Waals surface area contributed by atoms with Crippen LogP contribution in [0.3, 0.4) is 0 Å². The summed E-state index contributed by atoms with van der Waals surface area (Å²) in [4.78, 5) is 38.1. The van der Waals surface area contributed by atoms with Crippen LogP contribution in [0.2, 0.25) is 0 Å². The molecule has 3 heterocycles.